The molecule has 6 nitrogen and oxygen atoms in total. The Morgan fingerprint density at radius 2 is 1.63 bits per heavy atom. The fourth-order valence-electron chi connectivity index (χ4n) is 2.75. The molecule has 27 heavy (non-hydrogen) atoms. The first-order chi connectivity index (χ1) is 12.9. The van der Waals surface area contributed by atoms with E-state index in [0.717, 1.165) is 0 Å². The Balaban J connectivity index is 1.56. The molecular weight excluding hydrogens is 411 g/mol. The van der Waals surface area contributed by atoms with Crippen LogP contribution in [0.25, 0.3) is 0 Å². The first-order valence-corrected chi connectivity index (χ1v) is 10.5. The summed E-state index contributed by atoms with van der Waals surface area (Å²) in [5.41, 5.74) is 0. The molecule has 0 radical (unpaired) electrons. The van der Waals surface area contributed by atoms with E-state index < -0.39 is 10.0 Å². The smallest absolute Gasteiger partial charge is 0.260 e. The van der Waals surface area contributed by atoms with Crippen molar-refractivity contribution in [3.05, 3.63) is 58.6 Å². The van der Waals surface area contributed by atoms with Gasteiger partial charge in [-0.1, -0.05) is 47.5 Å². The first kappa shape index (κ1) is 19.9. The number of carbonyl (C=O) groups excluding carboxylic acids is 1. The summed E-state index contributed by atoms with van der Waals surface area (Å²) in [7, 11) is -3.54. The molecule has 1 aliphatic heterocycles. The molecule has 1 fully saturated rings. The number of carbonyl (C=O) groups is 1. The summed E-state index contributed by atoms with van der Waals surface area (Å²) in [5, 5.41) is 0.604. The molecule has 0 N–H and O–H groups in total. The number of ether oxygens (including phenoxy) is 1. The summed E-state index contributed by atoms with van der Waals surface area (Å²) in [4.78, 5) is 14.2. The third-order valence-electron chi connectivity index (χ3n) is 4.24. The monoisotopic (exact) mass is 428 g/mol. The highest BCUT2D eigenvalue weighted by molar-refractivity contribution is 7.89. The molecular formula is C18H18Cl2N2O4S. The average Bonchev–Trinajstić information content (AvgIpc) is 2.69. The number of halogens is 2. The van der Waals surface area contributed by atoms with Gasteiger partial charge in [-0.15, -0.1) is 0 Å². The van der Waals surface area contributed by atoms with Crippen LogP contribution in [0.4, 0.5) is 0 Å². The number of piperazine rings is 1. The van der Waals surface area contributed by atoms with Crippen LogP contribution in [0.15, 0.2) is 53.4 Å². The third-order valence-corrected chi connectivity index (χ3v) is 6.95. The summed E-state index contributed by atoms with van der Waals surface area (Å²) >= 11 is 12.0. The van der Waals surface area contributed by atoms with E-state index in [0.29, 0.717) is 23.9 Å². The van der Waals surface area contributed by atoms with Gasteiger partial charge in [-0.2, -0.15) is 4.31 Å². The molecule has 0 aliphatic carbocycles. The van der Waals surface area contributed by atoms with Gasteiger partial charge in [0.15, 0.2) is 6.61 Å². The standard InChI is InChI=1S/C18H18Cl2N2O4S/c19-15-7-4-8-16(18(15)20)26-13-17(23)21-9-11-22(12-10-21)27(24,25)14-5-2-1-3-6-14/h1-8H,9-13H2. The highest BCUT2D eigenvalue weighted by atomic mass is 35.5. The molecule has 0 bridgehead atoms. The van der Waals surface area contributed by atoms with Gasteiger partial charge in [0.2, 0.25) is 10.0 Å². The van der Waals surface area contributed by atoms with Crippen LogP contribution in [-0.4, -0.2) is 56.3 Å². The van der Waals surface area contributed by atoms with Crippen molar-refractivity contribution < 1.29 is 17.9 Å². The zero-order valence-electron chi connectivity index (χ0n) is 14.3. The summed E-state index contributed by atoms with van der Waals surface area (Å²) in [5.74, 6) is 0.102. The number of hydrogen-bond donors (Lipinski definition) is 0. The van der Waals surface area contributed by atoms with Crippen molar-refractivity contribution in [1.82, 2.24) is 9.21 Å². The molecule has 0 aromatic heterocycles. The second kappa shape index (κ2) is 8.48. The molecule has 0 spiro atoms. The van der Waals surface area contributed by atoms with Gasteiger partial charge in [0, 0.05) is 26.2 Å². The lowest BCUT2D eigenvalue weighted by molar-refractivity contribution is -0.134. The van der Waals surface area contributed by atoms with E-state index in [2.05, 4.69) is 0 Å². The molecule has 1 heterocycles. The van der Waals surface area contributed by atoms with E-state index in [1.807, 2.05) is 0 Å². The minimum atomic E-state index is -3.54. The maximum absolute atomic E-state index is 12.6. The summed E-state index contributed by atoms with van der Waals surface area (Å²) in [6.45, 7) is 0.891. The first-order valence-electron chi connectivity index (χ1n) is 8.29. The molecule has 0 atom stereocenters. The Morgan fingerprint density at radius 3 is 2.30 bits per heavy atom. The Hall–Kier alpha value is -1.80. The fraction of sp³-hybridized carbons (Fsp3) is 0.278. The molecule has 2 aromatic carbocycles. The van der Waals surface area contributed by atoms with Gasteiger partial charge in [-0.3, -0.25) is 4.79 Å². The van der Waals surface area contributed by atoms with E-state index in [1.54, 1.807) is 53.4 Å². The normalized spacial score (nSPS) is 15.6. The zero-order chi connectivity index (χ0) is 19.4. The van der Waals surface area contributed by atoms with Crippen molar-refractivity contribution in [3.8, 4) is 5.75 Å². The van der Waals surface area contributed by atoms with Crippen LogP contribution in [0, 0.1) is 0 Å². The molecule has 9 heteroatoms. The van der Waals surface area contributed by atoms with Crippen molar-refractivity contribution in [3.63, 3.8) is 0 Å². The van der Waals surface area contributed by atoms with E-state index in [1.165, 1.54) is 4.31 Å². The van der Waals surface area contributed by atoms with Crippen LogP contribution in [-0.2, 0) is 14.8 Å². The molecule has 144 valence electrons. The SMILES string of the molecule is O=C(COc1cccc(Cl)c1Cl)N1CCN(S(=O)(=O)c2ccccc2)CC1. The van der Waals surface area contributed by atoms with Gasteiger partial charge >= 0.3 is 0 Å². The number of benzene rings is 2. The maximum atomic E-state index is 12.6. The molecule has 2 aromatic rings. The summed E-state index contributed by atoms with van der Waals surface area (Å²) in [6, 6.07) is 13.2. The van der Waals surface area contributed by atoms with Crippen LogP contribution in [0.5, 0.6) is 5.75 Å². The van der Waals surface area contributed by atoms with Crippen molar-refractivity contribution in [1.29, 1.82) is 0 Å². The molecule has 0 unspecified atom stereocenters. The minimum absolute atomic E-state index is 0.189. The lowest BCUT2D eigenvalue weighted by atomic mass is 10.3. The topological polar surface area (TPSA) is 66.9 Å². The van der Waals surface area contributed by atoms with Gasteiger partial charge in [0.1, 0.15) is 10.8 Å². The zero-order valence-corrected chi connectivity index (χ0v) is 16.7. The number of rotatable bonds is 5. The highest BCUT2D eigenvalue weighted by Crippen LogP contribution is 2.31. The average molecular weight is 429 g/mol. The summed E-state index contributed by atoms with van der Waals surface area (Å²) < 4.78 is 32.1. The largest absolute Gasteiger partial charge is 0.482 e. The van der Waals surface area contributed by atoms with Crippen LogP contribution in [0.1, 0.15) is 0 Å². The fourth-order valence-corrected chi connectivity index (χ4v) is 4.54. The predicted octanol–water partition coefficient (Wildman–Crippen LogP) is 2.91. The summed E-state index contributed by atoms with van der Waals surface area (Å²) in [6.07, 6.45) is 0. The quantitative estimate of drug-likeness (QED) is 0.733. The van der Waals surface area contributed by atoms with E-state index in [4.69, 9.17) is 27.9 Å². The van der Waals surface area contributed by atoms with Crippen molar-refractivity contribution in [2.45, 2.75) is 4.90 Å². The molecule has 0 saturated carbocycles. The van der Waals surface area contributed by atoms with Crippen molar-refractivity contribution >= 4 is 39.1 Å². The van der Waals surface area contributed by atoms with Crippen LogP contribution in [0.3, 0.4) is 0 Å². The van der Waals surface area contributed by atoms with E-state index in [9.17, 15) is 13.2 Å². The Kier molecular flexibility index (Phi) is 6.26. The second-order valence-corrected chi connectivity index (χ2v) is 8.66. The lowest BCUT2D eigenvalue weighted by Gasteiger charge is -2.34. The minimum Gasteiger partial charge on any atom is -0.482 e. The Morgan fingerprint density at radius 1 is 0.963 bits per heavy atom. The number of amides is 1. The maximum Gasteiger partial charge on any atom is 0.260 e. The van der Waals surface area contributed by atoms with Crippen LogP contribution < -0.4 is 4.74 Å². The number of hydrogen-bond acceptors (Lipinski definition) is 4. The highest BCUT2D eigenvalue weighted by Gasteiger charge is 2.30. The molecule has 1 saturated heterocycles. The van der Waals surface area contributed by atoms with Gasteiger partial charge in [-0.25, -0.2) is 8.42 Å². The molecule has 1 aliphatic rings. The van der Waals surface area contributed by atoms with E-state index in [-0.39, 0.29) is 35.5 Å². The number of nitrogens with zero attached hydrogens (tertiary/aromatic N) is 2. The number of sulfonamides is 1. The van der Waals surface area contributed by atoms with Gasteiger partial charge in [0.05, 0.1) is 9.92 Å². The predicted molar refractivity (Wildman–Crippen MR) is 104 cm³/mol. The third kappa shape index (κ3) is 4.55. The Bertz CT molecular complexity index is 914. The second-order valence-electron chi connectivity index (χ2n) is 5.94. The van der Waals surface area contributed by atoms with Crippen LogP contribution >= 0.6 is 23.2 Å². The van der Waals surface area contributed by atoms with Crippen LogP contribution in [0.2, 0.25) is 10.0 Å². The van der Waals surface area contributed by atoms with Gasteiger partial charge < -0.3 is 9.64 Å². The van der Waals surface area contributed by atoms with Gasteiger partial charge in [-0.05, 0) is 24.3 Å². The Labute approximate surface area is 168 Å². The van der Waals surface area contributed by atoms with E-state index >= 15 is 0 Å². The molecule has 1 amide bonds. The van der Waals surface area contributed by atoms with Crippen molar-refractivity contribution in [2.24, 2.45) is 0 Å². The lowest BCUT2D eigenvalue weighted by Crippen LogP contribution is -2.51. The molecule has 3 rings (SSSR count). The van der Waals surface area contributed by atoms with Crippen molar-refractivity contribution in [2.75, 3.05) is 32.8 Å². The van der Waals surface area contributed by atoms with Gasteiger partial charge in [0.25, 0.3) is 5.91 Å².